The zero-order valence-corrected chi connectivity index (χ0v) is 23.7. The summed E-state index contributed by atoms with van der Waals surface area (Å²) in [7, 11) is 0. The lowest BCUT2D eigenvalue weighted by Crippen LogP contribution is -2.43. The van der Waals surface area contributed by atoms with Gasteiger partial charge >= 0.3 is 12.1 Å². The highest BCUT2D eigenvalue weighted by molar-refractivity contribution is 6.42. The Labute approximate surface area is 227 Å². The van der Waals surface area contributed by atoms with Crippen molar-refractivity contribution in [1.29, 1.82) is 0 Å². The normalized spacial score (nSPS) is 15.0. The molecular weight excluding hydrogens is 517 g/mol. The van der Waals surface area contributed by atoms with Crippen LogP contribution in [0.3, 0.4) is 0 Å². The van der Waals surface area contributed by atoms with Crippen LogP contribution in [-0.4, -0.2) is 34.8 Å². The van der Waals surface area contributed by atoms with Gasteiger partial charge in [0.25, 0.3) is 5.91 Å². The highest BCUT2D eigenvalue weighted by atomic mass is 35.5. The number of hydrogen-bond donors (Lipinski definition) is 0. The molecule has 0 bridgehead atoms. The second-order valence-electron chi connectivity index (χ2n) is 11.1. The summed E-state index contributed by atoms with van der Waals surface area (Å²) in [6, 6.07) is 9.63. The number of carbonyl (C=O) groups excluding carboxylic acids is 3. The van der Waals surface area contributed by atoms with E-state index in [2.05, 4.69) is 0 Å². The number of carbonyl (C=O) groups is 3. The summed E-state index contributed by atoms with van der Waals surface area (Å²) in [6.07, 6.45) is 0.740. The number of amides is 2. The van der Waals surface area contributed by atoms with Gasteiger partial charge in [-0.25, -0.2) is 14.5 Å². The van der Waals surface area contributed by atoms with Crippen LogP contribution in [0.1, 0.15) is 66.5 Å². The van der Waals surface area contributed by atoms with Gasteiger partial charge in [0.05, 0.1) is 11.3 Å². The molecule has 0 saturated carbocycles. The second-order valence-corrected chi connectivity index (χ2v) is 12.0. The SMILES string of the molecule is CC(C)(C)OC(=O)N1C(=O)/C(=C/c2cc(Cl)ccc2OC(C)(C)C(=O)OC(C)(C)C)c2ccc(Cl)cc21. The van der Waals surface area contributed by atoms with Crippen molar-refractivity contribution >= 4 is 58.5 Å². The van der Waals surface area contributed by atoms with Crippen molar-refractivity contribution in [2.75, 3.05) is 4.90 Å². The third kappa shape index (κ3) is 6.84. The van der Waals surface area contributed by atoms with E-state index in [1.165, 1.54) is 6.07 Å². The molecule has 0 atom stereocenters. The lowest BCUT2D eigenvalue weighted by atomic mass is 10.0. The van der Waals surface area contributed by atoms with Crippen LogP contribution < -0.4 is 9.64 Å². The van der Waals surface area contributed by atoms with E-state index < -0.39 is 34.8 Å². The Hall–Kier alpha value is -3.03. The van der Waals surface area contributed by atoms with Gasteiger partial charge in [-0.1, -0.05) is 29.3 Å². The molecule has 1 heterocycles. The molecule has 9 heteroatoms. The van der Waals surface area contributed by atoms with Gasteiger partial charge in [-0.05, 0) is 91.8 Å². The molecule has 2 aromatic rings. The third-order valence-electron chi connectivity index (χ3n) is 5.03. The van der Waals surface area contributed by atoms with Crippen LogP contribution in [0.15, 0.2) is 36.4 Å². The first kappa shape index (κ1) is 28.5. The molecule has 0 fully saturated rings. The minimum absolute atomic E-state index is 0.208. The molecule has 0 spiro atoms. The van der Waals surface area contributed by atoms with Gasteiger partial charge in [-0.2, -0.15) is 0 Å². The Morgan fingerprint density at radius 3 is 2.00 bits per heavy atom. The molecule has 0 aliphatic carbocycles. The Kier molecular flexibility index (Phi) is 7.73. The largest absolute Gasteiger partial charge is 0.476 e. The fourth-order valence-electron chi connectivity index (χ4n) is 3.49. The monoisotopic (exact) mass is 547 g/mol. The van der Waals surface area contributed by atoms with Crippen LogP contribution in [0.2, 0.25) is 10.0 Å². The molecule has 2 aromatic carbocycles. The van der Waals surface area contributed by atoms with Crippen molar-refractivity contribution in [2.24, 2.45) is 0 Å². The molecule has 37 heavy (non-hydrogen) atoms. The second kappa shape index (κ2) is 10.0. The number of hydrogen-bond acceptors (Lipinski definition) is 6. The summed E-state index contributed by atoms with van der Waals surface area (Å²) < 4.78 is 17.0. The Bertz CT molecular complexity index is 1280. The zero-order valence-electron chi connectivity index (χ0n) is 22.2. The van der Waals surface area contributed by atoms with Crippen LogP contribution >= 0.6 is 23.2 Å². The minimum Gasteiger partial charge on any atom is -0.476 e. The van der Waals surface area contributed by atoms with E-state index >= 15 is 0 Å². The highest BCUT2D eigenvalue weighted by Gasteiger charge is 2.40. The summed E-state index contributed by atoms with van der Waals surface area (Å²) in [5.74, 6) is -0.850. The standard InChI is InChI=1S/C28H31Cl2NO6/c1-26(2,3)36-24(33)28(7,8)35-22-12-10-17(29)13-16(22)14-20-19-11-9-18(30)15-21(19)31(23(20)32)25(34)37-27(4,5)6/h9-15H,1-8H3/b20-14+. The minimum atomic E-state index is -1.35. The van der Waals surface area contributed by atoms with Gasteiger partial charge in [0.15, 0.2) is 5.60 Å². The molecule has 0 N–H and O–H groups in total. The number of anilines is 1. The summed E-state index contributed by atoms with van der Waals surface area (Å²) >= 11 is 12.5. The van der Waals surface area contributed by atoms with E-state index in [0.29, 0.717) is 32.6 Å². The maximum absolute atomic E-state index is 13.5. The molecule has 7 nitrogen and oxygen atoms in total. The van der Waals surface area contributed by atoms with E-state index in [9.17, 15) is 14.4 Å². The first-order valence-corrected chi connectivity index (χ1v) is 12.4. The molecule has 0 saturated heterocycles. The summed E-state index contributed by atoms with van der Waals surface area (Å²) in [4.78, 5) is 40.2. The maximum Gasteiger partial charge on any atom is 0.422 e. The molecule has 0 radical (unpaired) electrons. The van der Waals surface area contributed by atoms with Crippen LogP contribution in [-0.2, 0) is 19.1 Å². The fourth-order valence-corrected chi connectivity index (χ4v) is 3.84. The first-order chi connectivity index (χ1) is 16.9. The Morgan fingerprint density at radius 1 is 0.838 bits per heavy atom. The van der Waals surface area contributed by atoms with Crippen LogP contribution in [0.4, 0.5) is 10.5 Å². The number of halogens is 2. The number of rotatable bonds is 4. The van der Waals surface area contributed by atoms with Gasteiger partial charge < -0.3 is 14.2 Å². The smallest absolute Gasteiger partial charge is 0.422 e. The van der Waals surface area contributed by atoms with Crippen LogP contribution in [0.5, 0.6) is 5.75 Å². The molecular formula is C28H31Cl2NO6. The predicted octanol–water partition coefficient (Wildman–Crippen LogP) is 7.31. The number of nitrogens with zero attached hydrogens (tertiary/aromatic N) is 1. The number of fused-ring (bicyclic) bond motifs is 1. The van der Waals surface area contributed by atoms with Crippen molar-refractivity contribution in [3.63, 3.8) is 0 Å². The molecule has 1 aliphatic heterocycles. The van der Waals surface area contributed by atoms with Gasteiger partial charge in [-0.3, -0.25) is 4.79 Å². The first-order valence-electron chi connectivity index (χ1n) is 11.7. The van der Waals surface area contributed by atoms with Gasteiger partial charge in [-0.15, -0.1) is 0 Å². The number of ether oxygens (including phenoxy) is 3. The summed E-state index contributed by atoms with van der Waals surface area (Å²) in [5.41, 5.74) is -1.44. The quantitative estimate of drug-likeness (QED) is 0.294. The van der Waals surface area contributed by atoms with Crippen molar-refractivity contribution in [3.05, 3.63) is 57.6 Å². The molecule has 198 valence electrons. The van der Waals surface area contributed by atoms with Crippen molar-refractivity contribution in [2.45, 2.75) is 72.2 Å². The van der Waals surface area contributed by atoms with E-state index in [4.69, 9.17) is 37.4 Å². The van der Waals surface area contributed by atoms with E-state index in [0.717, 1.165) is 4.90 Å². The highest BCUT2D eigenvalue weighted by Crippen LogP contribution is 2.41. The zero-order chi connectivity index (χ0) is 27.9. The van der Waals surface area contributed by atoms with Crippen LogP contribution in [0, 0.1) is 0 Å². The Balaban J connectivity index is 2.07. The summed E-state index contributed by atoms with van der Waals surface area (Å²) in [5, 5.41) is 0.743. The number of benzene rings is 2. The fraction of sp³-hybridized carbons (Fsp3) is 0.393. The van der Waals surface area contributed by atoms with Crippen molar-refractivity contribution in [3.8, 4) is 5.75 Å². The molecule has 3 rings (SSSR count). The van der Waals surface area contributed by atoms with Crippen molar-refractivity contribution in [1.82, 2.24) is 0 Å². The lowest BCUT2D eigenvalue weighted by Gasteiger charge is -2.29. The maximum atomic E-state index is 13.5. The van der Waals surface area contributed by atoms with E-state index in [1.807, 2.05) is 0 Å². The number of imide groups is 1. The summed E-state index contributed by atoms with van der Waals surface area (Å²) in [6.45, 7) is 13.6. The van der Waals surface area contributed by atoms with E-state index in [-0.39, 0.29) is 5.57 Å². The lowest BCUT2D eigenvalue weighted by molar-refractivity contribution is -0.170. The number of esters is 1. The predicted molar refractivity (Wildman–Crippen MR) is 145 cm³/mol. The average Bonchev–Trinajstić information content (AvgIpc) is 2.98. The third-order valence-corrected chi connectivity index (χ3v) is 5.50. The molecule has 0 unspecified atom stereocenters. The van der Waals surface area contributed by atoms with Crippen molar-refractivity contribution < 1.29 is 28.6 Å². The van der Waals surface area contributed by atoms with Gasteiger partial charge in [0, 0.05) is 21.2 Å². The molecule has 0 aromatic heterocycles. The molecule has 1 aliphatic rings. The Morgan fingerprint density at radius 2 is 1.41 bits per heavy atom. The van der Waals surface area contributed by atoms with Crippen LogP contribution in [0.25, 0.3) is 11.6 Å². The average molecular weight is 548 g/mol. The molecule has 2 amide bonds. The van der Waals surface area contributed by atoms with Gasteiger partial charge in [0.2, 0.25) is 0 Å². The van der Waals surface area contributed by atoms with Gasteiger partial charge in [0.1, 0.15) is 17.0 Å². The van der Waals surface area contributed by atoms with E-state index in [1.54, 1.807) is 91.8 Å². The topological polar surface area (TPSA) is 82.1 Å².